The van der Waals surface area contributed by atoms with Gasteiger partial charge in [-0.3, -0.25) is 0 Å². The second-order valence-electron chi connectivity index (χ2n) is 10.2. The van der Waals surface area contributed by atoms with Crippen LogP contribution < -0.4 is 22.5 Å². The molecule has 1 aromatic heterocycles. The molecule has 2 unspecified atom stereocenters. The van der Waals surface area contributed by atoms with Gasteiger partial charge in [0.15, 0.2) is 0 Å². The molecule has 2 aliphatic rings. The minimum Gasteiger partial charge on any atom is -0.507 e. The average Bonchev–Trinajstić information content (AvgIpc) is 3.04. The summed E-state index contributed by atoms with van der Waals surface area (Å²) in [6, 6.07) is 6.99. The first-order valence-corrected chi connectivity index (χ1v) is 13.0. The molecule has 3 heterocycles. The molecule has 2 atom stereocenters. The molecule has 2 aliphatic heterocycles. The predicted octanol–water partition coefficient (Wildman–Crippen LogP) is 3.40. The Bertz CT molecular complexity index is 1010. The molecule has 2 aromatic rings. The Balaban J connectivity index is 0.000000233. The second-order valence-corrected chi connectivity index (χ2v) is 10.2. The highest BCUT2D eigenvalue weighted by molar-refractivity contribution is 5.69. The number of piperidine rings is 1. The van der Waals surface area contributed by atoms with Crippen molar-refractivity contribution >= 4 is 5.70 Å². The summed E-state index contributed by atoms with van der Waals surface area (Å²) in [5, 5.41) is 13.3. The van der Waals surface area contributed by atoms with Crippen LogP contribution in [-0.4, -0.2) is 46.2 Å². The van der Waals surface area contributed by atoms with Crippen LogP contribution in [0, 0.1) is 18.8 Å². The summed E-state index contributed by atoms with van der Waals surface area (Å²) < 4.78 is 0. The molecule has 8 N–H and O–H groups in total. The molecular formula is C28H43N7O. The molecule has 2 fully saturated rings. The van der Waals surface area contributed by atoms with Crippen LogP contribution in [0.25, 0.3) is 5.70 Å². The van der Waals surface area contributed by atoms with Gasteiger partial charge in [0.05, 0.1) is 5.70 Å². The topological polar surface area (TPSA) is 139 Å². The maximum Gasteiger partial charge on any atom is 0.125 e. The highest BCUT2D eigenvalue weighted by atomic mass is 16.3. The number of hydrogen-bond donors (Lipinski definition) is 5. The van der Waals surface area contributed by atoms with E-state index in [0.29, 0.717) is 29.0 Å². The molecule has 8 nitrogen and oxygen atoms in total. The minimum atomic E-state index is 0.147. The van der Waals surface area contributed by atoms with Gasteiger partial charge in [0.25, 0.3) is 0 Å². The first kappa shape index (κ1) is 27.3. The molecule has 36 heavy (non-hydrogen) atoms. The molecule has 0 radical (unpaired) electrons. The Morgan fingerprint density at radius 3 is 2.11 bits per heavy atom. The summed E-state index contributed by atoms with van der Waals surface area (Å²) in [5.41, 5.74) is 21.1. The van der Waals surface area contributed by atoms with Gasteiger partial charge in [-0.2, -0.15) is 0 Å². The van der Waals surface area contributed by atoms with Crippen molar-refractivity contribution in [2.75, 3.05) is 26.2 Å². The Morgan fingerprint density at radius 1 is 0.972 bits per heavy atom. The van der Waals surface area contributed by atoms with E-state index in [9.17, 15) is 5.11 Å². The van der Waals surface area contributed by atoms with Crippen molar-refractivity contribution in [3.05, 3.63) is 71.2 Å². The fourth-order valence-corrected chi connectivity index (χ4v) is 4.84. The highest BCUT2D eigenvalue weighted by Crippen LogP contribution is 2.27. The quantitative estimate of drug-likeness (QED) is 0.408. The van der Waals surface area contributed by atoms with Crippen LogP contribution in [0.3, 0.4) is 0 Å². The number of para-hydroxylation sites is 1. The Labute approximate surface area is 215 Å². The Kier molecular flexibility index (Phi) is 9.99. The SMILES string of the molecule is CC1CCC(C)CN(C(/C=C(\N)c2ccccc2O)=C(N)N)C1.Cc1ncc(C2CCNCC2)cn1. The summed E-state index contributed by atoms with van der Waals surface area (Å²) >= 11 is 0. The lowest BCUT2D eigenvalue weighted by atomic mass is 9.92. The number of likely N-dealkylation sites (tertiary alicyclic amines) is 1. The van der Waals surface area contributed by atoms with Gasteiger partial charge < -0.3 is 32.5 Å². The predicted molar refractivity (Wildman–Crippen MR) is 146 cm³/mol. The highest BCUT2D eigenvalue weighted by Gasteiger charge is 2.22. The van der Waals surface area contributed by atoms with E-state index in [0.717, 1.165) is 37.7 Å². The van der Waals surface area contributed by atoms with Crippen LogP contribution in [0.15, 0.2) is 54.3 Å². The van der Waals surface area contributed by atoms with Gasteiger partial charge in [-0.05, 0) is 87.2 Å². The standard InChI is InChI=1S/C18H28N4O.C10H15N3/c1-12-7-8-13(2)11-22(10-12)16(18(20)21)9-15(19)14-5-3-4-6-17(14)23;1-8-12-6-10(7-13-8)9-2-4-11-5-3-9/h3-6,9,12-13,23H,7-8,10-11,19-21H2,1-2H3;6-7,9,11H,2-5H2,1H3/b15-9-;. The third kappa shape index (κ3) is 7.88. The molecule has 4 rings (SSSR count). The van der Waals surface area contributed by atoms with Gasteiger partial charge in [0.1, 0.15) is 17.4 Å². The van der Waals surface area contributed by atoms with Crippen LogP contribution in [0.2, 0.25) is 0 Å². The van der Waals surface area contributed by atoms with Gasteiger partial charge in [-0.15, -0.1) is 0 Å². The van der Waals surface area contributed by atoms with E-state index in [-0.39, 0.29) is 11.6 Å². The maximum atomic E-state index is 9.96. The van der Waals surface area contributed by atoms with Crippen LogP contribution in [0.4, 0.5) is 0 Å². The lowest BCUT2D eigenvalue weighted by Crippen LogP contribution is -2.32. The van der Waals surface area contributed by atoms with Crippen molar-refractivity contribution in [3.63, 3.8) is 0 Å². The molecule has 0 aliphatic carbocycles. The normalized spacial score (nSPS) is 21.2. The number of nitrogens with two attached hydrogens (primary N) is 3. The molecule has 2 saturated heterocycles. The number of phenolic OH excluding ortho intramolecular Hbond substituents is 1. The number of benzene rings is 1. The van der Waals surface area contributed by atoms with E-state index in [1.165, 1.54) is 31.2 Å². The summed E-state index contributed by atoms with van der Waals surface area (Å²) in [6.07, 6.45) is 10.5. The van der Waals surface area contributed by atoms with Gasteiger partial charge >= 0.3 is 0 Å². The molecule has 0 saturated carbocycles. The largest absolute Gasteiger partial charge is 0.507 e. The molecule has 0 bridgehead atoms. The zero-order valence-corrected chi connectivity index (χ0v) is 22.0. The molecular weight excluding hydrogens is 450 g/mol. The number of phenols is 1. The average molecular weight is 494 g/mol. The lowest BCUT2D eigenvalue weighted by molar-refractivity contribution is 0.301. The van der Waals surface area contributed by atoms with Crippen molar-refractivity contribution in [3.8, 4) is 5.75 Å². The van der Waals surface area contributed by atoms with E-state index < -0.39 is 0 Å². The number of hydrogen-bond acceptors (Lipinski definition) is 8. The number of aromatic nitrogens is 2. The number of nitrogens with one attached hydrogen (secondary N) is 1. The van der Waals surface area contributed by atoms with Crippen molar-refractivity contribution in [2.45, 2.75) is 52.4 Å². The number of nitrogens with zero attached hydrogens (tertiary/aromatic N) is 3. The van der Waals surface area contributed by atoms with E-state index in [4.69, 9.17) is 17.2 Å². The zero-order chi connectivity index (χ0) is 26.1. The lowest BCUT2D eigenvalue weighted by Gasteiger charge is -2.28. The third-order valence-corrected chi connectivity index (χ3v) is 6.97. The van der Waals surface area contributed by atoms with Crippen molar-refractivity contribution < 1.29 is 5.11 Å². The first-order chi connectivity index (χ1) is 17.2. The van der Waals surface area contributed by atoms with Crippen LogP contribution >= 0.6 is 0 Å². The summed E-state index contributed by atoms with van der Waals surface area (Å²) in [4.78, 5) is 10.7. The number of aromatic hydroxyl groups is 1. The summed E-state index contributed by atoms with van der Waals surface area (Å²) in [7, 11) is 0. The van der Waals surface area contributed by atoms with Gasteiger partial charge in [0, 0.05) is 36.7 Å². The van der Waals surface area contributed by atoms with Crippen LogP contribution in [0.5, 0.6) is 5.75 Å². The molecule has 196 valence electrons. The fraction of sp³-hybridized carbons (Fsp3) is 0.500. The summed E-state index contributed by atoms with van der Waals surface area (Å²) in [6.45, 7) is 10.5. The Hall–Kier alpha value is -3.26. The van der Waals surface area contributed by atoms with Crippen molar-refractivity contribution in [1.82, 2.24) is 20.2 Å². The first-order valence-electron chi connectivity index (χ1n) is 13.0. The van der Waals surface area contributed by atoms with E-state index in [1.54, 1.807) is 24.3 Å². The van der Waals surface area contributed by atoms with Gasteiger partial charge in [0.2, 0.25) is 0 Å². The van der Waals surface area contributed by atoms with Gasteiger partial charge in [-0.25, -0.2) is 9.97 Å². The molecule has 0 amide bonds. The minimum absolute atomic E-state index is 0.147. The second kappa shape index (κ2) is 13.2. The fourth-order valence-electron chi connectivity index (χ4n) is 4.84. The van der Waals surface area contributed by atoms with E-state index >= 15 is 0 Å². The summed E-state index contributed by atoms with van der Waals surface area (Å²) in [5.74, 6) is 3.08. The molecule has 1 aromatic carbocycles. The third-order valence-electron chi connectivity index (χ3n) is 6.97. The monoisotopic (exact) mass is 493 g/mol. The maximum absolute atomic E-state index is 9.96. The van der Waals surface area contributed by atoms with E-state index in [2.05, 4.69) is 34.0 Å². The number of aryl methyl sites for hydroxylation is 1. The molecule has 8 heteroatoms. The number of allylic oxidation sites excluding steroid dienone is 1. The number of rotatable bonds is 4. The Morgan fingerprint density at radius 2 is 1.56 bits per heavy atom. The van der Waals surface area contributed by atoms with E-state index in [1.807, 2.05) is 25.4 Å². The van der Waals surface area contributed by atoms with Crippen molar-refractivity contribution in [1.29, 1.82) is 0 Å². The van der Waals surface area contributed by atoms with Crippen LogP contribution in [-0.2, 0) is 0 Å². The molecule has 0 spiro atoms. The van der Waals surface area contributed by atoms with Gasteiger partial charge in [-0.1, -0.05) is 26.0 Å². The van der Waals surface area contributed by atoms with Crippen molar-refractivity contribution in [2.24, 2.45) is 29.0 Å². The smallest absolute Gasteiger partial charge is 0.125 e. The van der Waals surface area contributed by atoms with Crippen LogP contribution in [0.1, 0.15) is 62.4 Å². The zero-order valence-electron chi connectivity index (χ0n) is 22.0.